The average Bonchev–Trinajstić information content (AvgIpc) is 2.18. The molecule has 15 heavy (non-hydrogen) atoms. The Morgan fingerprint density at radius 2 is 1.87 bits per heavy atom. The van der Waals surface area contributed by atoms with E-state index in [-0.39, 0.29) is 17.2 Å². The third-order valence-corrected chi connectivity index (χ3v) is 2.91. The number of aliphatic hydroxyl groups excluding tert-OH is 1. The highest BCUT2D eigenvalue weighted by Crippen LogP contribution is 2.26. The minimum atomic E-state index is -0.251. The van der Waals surface area contributed by atoms with Gasteiger partial charge in [0.2, 0.25) is 0 Å². The number of thiol groups is 1. The molecule has 0 aromatic heterocycles. The van der Waals surface area contributed by atoms with Crippen LogP contribution in [0.5, 0.6) is 0 Å². The van der Waals surface area contributed by atoms with Gasteiger partial charge in [-0.25, -0.2) is 4.39 Å². The second kappa shape index (κ2) is 6.13. The van der Waals surface area contributed by atoms with Gasteiger partial charge in [0.05, 0.1) is 6.10 Å². The summed E-state index contributed by atoms with van der Waals surface area (Å²) < 4.78 is 12.6. The molecule has 0 heterocycles. The molecule has 3 heteroatoms. The van der Waals surface area contributed by atoms with Gasteiger partial charge in [-0.2, -0.15) is 12.6 Å². The molecular weight excluding hydrogens is 211 g/mol. The van der Waals surface area contributed by atoms with Crippen LogP contribution in [0.25, 0.3) is 0 Å². The first-order valence-corrected chi connectivity index (χ1v) is 5.73. The van der Waals surface area contributed by atoms with E-state index in [4.69, 9.17) is 5.11 Å². The highest BCUT2D eigenvalue weighted by Gasteiger charge is 2.06. The van der Waals surface area contributed by atoms with Crippen LogP contribution in [-0.2, 0) is 0 Å². The Morgan fingerprint density at radius 1 is 1.27 bits per heavy atom. The second-order valence-electron chi connectivity index (χ2n) is 3.85. The number of aliphatic hydroxyl groups is 1. The molecule has 1 aromatic rings. The highest BCUT2D eigenvalue weighted by molar-refractivity contribution is 7.80. The summed E-state index contributed by atoms with van der Waals surface area (Å²) in [5.41, 5.74) is 1.03. The summed E-state index contributed by atoms with van der Waals surface area (Å²) in [6, 6.07) is 6.42. The number of hydrogen-bond donors (Lipinski definition) is 2. The number of benzene rings is 1. The quantitative estimate of drug-likeness (QED) is 0.741. The Labute approximate surface area is 95.7 Å². The van der Waals surface area contributed by atoms with Crippen LogP contribution in [0.2, 0.25) is 0 Å². The zero-order chi connectivity index (χ0) is 11.3. The Hall–Kier alpha value is -0.540. The molecule has 0 radical (unpaired) electrons. The van der Waals surface area contributed by atoms with Crippen molar-refractivity contribution in [3.05, 3.63) is 35.6 Å². The minimum absolute atomic E-state index is 0.129. The molecule has 2 atom stereocenters. The fraction of sp³-hybridized carbons (Fsp3) is 0.500. The zero-order valence-electron chi connectivity index (χ0n) is 8.86. The van der Waals surface area contributed by atoms with E-state index in [0.717, 1.165) is 24.8 Å². The van der Waals surface area contributed by atoms with Crippen molar-refractivity contribution in [1.82, 2.24) is 0 Å². The molecule has 0 aliphatic carbocycles. The standard InChI is InChI=1S/C12H17FOS/c1-9(14)3-2-4-12(15)10-5-7-11(13)8-6-10/h5-9,12,14-15H,2-4H2,1H3/t9-,12+/m0/s1. The SMILES string of the molecule is C[C@H](O)CCC[C@@H](S)c1ccc(F)cc1. The molecule has 0 aliphatic heterocycles. The third-order valence-electron chi connectivity index (χ3n) is 2.35. The summed E-state index contributed by atoms with van der Waals surface area (Å²) in [6.45, 7) is 1.78. The summed E-state index contributed by atoms with van der Waals surface area (Å²) in [6.07, 6.45) is 2.37. The van der Waals surface area contributed by atoms with Crippen LogP contribution in [0.4, 0.5) is 4.39 Å². The largest absolute Gasteiger partial charge is 0.393 e. The van der Waals surface area contributed by atoms with Crippen LogP contribution in [-0.4, -0.2) is 11.2 Å². The van der Waals surface area contributed by atoms with E-state index in [1.807, 2.05) is 0 Å². The first-order chi connectivity index (χ1) is 7.09. The lowest BCUT2D eigenvalue weighted by atomic mass is 10.1. The molecule has 1 nitrogen and oxygen atoms in total. The Balaban J connectivity index is 2.40. The first-order valence-electron chi connectivity index (χ1n) is 5.21. The molecule has 0 fully saturated rings. The normalized spacial score (nSPS) is 14.9. The van der Waals surface area contributed by atoms with Crippen molar-refractivity contribution in [1.29, 1.82) is 0 Å². The van der Waals surface area contributed by atoms with Crippen molar-refractivity contribution in [2.75, 3.05) is 0 Å². The predicted octanol–water partition coefficient (Wildman–Crippen LogP) is 3.35. The second-order valence-corrected chi connectivity index (χ2v) is 4.47. The predicted molar refractivity (Wildman–Crippen MR) is 63.7 cm³/mol. The zero-order valence-corrected chi connectivity index (χ0v) is 9.75. The van der Waals surface area contributed by atoms with Gasteiger partial charge in [-0.1, -0.05) is 12.1 Å². The molecule has 0 saturated heterocycles. The molecule has 0 amide bonds. The summed E-state index contributed by atoms with van der Waals surface area (Å²) in [4.78, 5) is 0. The summed E-state index contributed by atoms with van der Waals surface area (Å²) in [5, 5.41) is 9.23. The lowest BCUT2D eigenvalue weighted by Crippen LogP contribution is -2.00. The van der Waals surface area contributed by atoms with E-state index in [0.29, 0.717) is 0 Å². The van der Waals surface area contributed by atoms with Gasteiger partial charge >= 0.3 is 0 Å². The highest BCUT2D eigenvalue weighted by atomic mass is 32.1. The van der Waals surface area contributed by atoms with Crippen LogP contribution in [0.3, 0.4) is 0 Å². The summed E-state index contributed by atoms with van der Waals surface area (Å²) in [7, 11) is 0. The number of rotatable bonds is 5. The molecule has 84 valence electrons. The fourth-order valence-electron chi connectivity index (χ4n) is 1.46. The van der Waals surface area contributed by atoms with Gasteiger partial charge in [-0.05, 0) is 43.9 Å². The maximum absolute atomic E-state index is 12.6. The minimum Gasteiger partial charge on any atom is -0.393 e. The lowest BCUT2D eigenvalue weighted by Gasteiger charge is -2.11. The van der Waals surface area contributed by atoms with Gasteiger partial charge in [0.1, 0.15) is 5.82 Å². The molecule has 1 aromatic carbocycles. The van der Waals surface area contributed by atoms with Crippen molar-refractivity contribution >= 4 is 12.6 Å². The van der Waals surface area contributed by atoms with Crippen molar-refractivity contribution in [3.8, 4) is 0 Å². The van der Waals surface area contributed by atoms with Crippen LogP contribution in [0.1, 0.15) is 37.0 Å². The molecule has 1 rings (SSSR count). The van der Waals surface area contributed by atoms with Gasteiger partial charge in [0.25, 0.3) is 0 Å². The first kappa shape index (κ1) is 12.5. The van der Waals surface area contributed by atoms with E-state index in [1.165, 1.54) is 12.1 Å². The molecule has 0 saturated carbocycles. The van der Waals surface area contributed by atoms with E-state index >= 15 is 0 Å². The van der Waals surface area contributed by atoms with Gasteiger partial charge in [0, 0.05) is 5.25 Å². The van der Waals surface area contributed by atoms with Crippen LogP contribution >= 0.6 is 12.6 Å². The third kappa shape index (κ3) is 4.67. The van der Waals surface area contributed by atoms with Crippen molar-refractivity contribution in [2.45, 2.75) is 37.5 Å². The number of halogens is 1. The van der Waals surface area contributed by atoms with E-state index in [1.54, 1.807) is 19.1 Å². The molecular formula is C12H17FOS. The maximum atomic E-state index is 12.6. The van der Waals surface area contributed by atoms with Crippen molar-refractivity contribution in [2.24, 2.45) is 0 Å². The smallest absolute Gasteiger partial charge is 0.123 e. The average molecular weight is 228 g/mol. The summed E-state index contributed by atoms with van der Waals surface area (Å²) >= 11 is 4.45. The van der Waals surface area contributed by atoms with E-state index in [9.17, 15) is 4.39 Å². The topological polar surface area (TPSA) is 20.2 Å². The molecule has 0 spiro atoms. The maximum Gasteiger partial charge on any atom is 0.123 e. The van der Waals surface area contributed by atoms with E-state index in [2.05, 4.69) is 12.6 Å². The molecule has 0 aliphatic rings. The Morgan fingerprint density at radius 3 is 2.40 bits per heavy atom. The fourth-order valence-corrected chi connectivity index (χ4v) is 1.81. The Bertz CT molecular complexity index is 284. The van der Waals surface area contributed by atoms with Gasteiger partial charge in [0.15, 0.2) is 0 Å². The van der Waals surface area contributed by atoms with Crippen molar-refractivity contribution < 1.29 is 9.50 Å². The lowest BCUT2D eigenvalue weighted by molar-refractivity contribution is 0.180. The van der Waals surface area contributed by atoms with Crippen LogP contribution < -0.4 is 0 Å². The molecule has 1 N–H and O–H groups in total. The van der Waals surface area contributed by atoms with Gasteiger partial charge < -0.3 is 5.11 Å². The molecule has 0 bridgehead atoms. The number of hydrogen-bond acceptors (Lipinski definition) is 2. The van der Waals surface area contributed by atoms with Gasteiger partial charge in [-0.15, -0.1) is 0 Å². The molecule has 0 unspecified atom stereocenters. The Kier molecular flexibility index (Phi) is 5.12. The van der Waals surface area contributed by atoms with Crippen LogP contribution in [0.15, 0.2) is 24.3 Å². The van der Waals surface area contributed by atoms with Gasteiger partial charge in [-0.3, -0.25) is 0 Å². The monoisotopic (exact) mass is 228 g/mol. The van der Waals surface area contributed by atoms with Crippen molar-refractivity contribution in [3.63, 3.8) is 0 Å². The summed E-state index contributed by atoms with van der Waals surface area (Å²) in [5.74, 6) is -0.219. The van der Waals surface area contributed by atoms with Crippen LogP contribution in [0, 0.1) is 5.82 Å². The van der Waals surface area contributed by atoms with E-state index < -0.39 is 0 Å².